The molecule has 2 aromatic rings. The van der Waals surface area contributed by atoms with Gasteiger partial charge in [0.15, 0.2) is 0 Å². The molecule has 1 unspecified atom stereocenters. The predicted molar refractivity (Wildman–Crippen MR) is 123 cm³/mol. The average Bonchev–Trinajstić information content (AvgIpc) is 2.67. The van der Waals surface area contributed by atoms with Gasteiger partial charge in [-0.1, -0.05) is 90.1 Å². The molecule has 2 nitrogen and oxygen atoms in total. The Labute approximate surface area is 177 Å². The molecule has 1 atom stereocenters. The zero-order valence-electron chi connectivity index (χ0n) is 19.1. The first-order chi connectivity index (χ1) is 13.7. The fraction of sp³-hybridized carbons (Fsp3) is 0.481. The Morgan fingerprint density at radius 3 is 1.66 bits per heavy atom. The molecule has 0 spiro atoms. The number of carbonyl (C=O) groups is 2. The highest BCUT2D eigenvalue weighted by molar-refractivity contribution is 5.53. The molecule has 0 saturated heterocycles. The zero-order chi connectivity index (χ0) is 21.9. The van der Waals surface area contributed by atoms with E-state index in [-0.39, 0.29) is 11.3 Å². The molecule has 0 saturated carbocycles. The molecule has 0 aromatic heterocycles. The van der Waals surface area contributed by atoms with Crippen molar-refractivity contribution in [1.29, 1.82) is 0 Å². The Hall–Kier alpha value is -2.22. The van der Waals surface area contributed by atoms with Crippen molar-refractivity contribution < 1.29 is 9.59 Å². The summed E-state index contributed by atoms with van der Waals surface area (Å²) in [5.41, 5.74) is 5.43. The van der Waals surface area contributed by atoms with Crippen molar-refractivity contribution >= 4 is 12.6 Å². The maximum absolute atomic E-state index is 10.5. The molecular weight excluding hydrogens is 356 g/mol. The quantitative estimate of drug-likeness (QED) is 0.487. The van der Waals surface area contributed by atoms with E-state index in [0.29, 0.717) is 12.3 Å². The number of aryl methyl sites for hydroxylation is 1. The normalized spacial score (nSPS) is 12.1. The van der Waals surface area contributed by atoms with Crippen LogP contribution in [0.1, 0.15) is 70.2 Å². The molecule has 0 aliphatic heterocycles. The van der Waals surface area contributed by atoms with E-state index in [0.717, 1.165) is 31.8 Å². The van der Waals surface area contributed by atoms with Gasteiger partial charge >= 0.3 is 0 Å². The lowest BCUT2D eigenvalue weighted by atomic mass is 9.86. The van der Waals surface area contributed by atoms with Gasteiger partial charge in [0.2, 0.25) is 0 Å². The van der Waals surface area contributed by atoms with Crippen LogP contribution in [0, 0.1) is 11.8 Å². The minimum atomic E-state index is 0.126. The standard InChI is InChI=1S/C14H20O.C13H18O/c1-11(2)8-13-4-6-14(7-5-13)9-12(3)10-15;1-13(2,3)12-8-6-11(7-9-12)5-4-10-14/h4-7,10-12H,8-9H2,1-3H3;6-10H,4-5H2,1-3H3. The molecule has 2 aromatic carbocycles. The maximum Gasteiger partial charge on any atom is 0.123 e. The summed E-state index contributed by atoms with van der Waals surface area (Å²) < 4.78 is 0. The second-order valence-electron chi connectivity index (χ2n) is 9.38. The minimum Gasteiger partial charge on any atom is -0.303 e. The van der Waals surface area contributed by atoms with Crippen molar-refractivity contribution in [1.82, 2.24) is 0 Å². The summed E-state index contributed by atoms with van der Waals surface area (Å²) in [6.45, 7) is 13.0. The van der Waals surface area contributed by atoms with Crippen LogP contribution < -0.4 is 0 Å². The summed E-state index contributed by atoms with van der Waals surface area (Å²) in [6, 6.07) is 17.2. The van der Waals surface area contributed by atoms with Crippen LogP contribution in [0.2, 0.25) is 0 Å². The molecule has 0 aliphatic rings. The summed E-state index contributed by atoms with van der Waals surface area (Å²) in [5.74, 6) is 0.825. The van der Waals surface area contributed by atoms with Crippen molar-refractivity contribution in [2.45, 2.75) is 72.6 Å². The summed E-state index contributed by atoms with van der Waals surface area (Å²) in [7, 11) is 0. The summed E-state index contributed by atoms with van der Waals surface area (Å²) in [4.78, 5) is 20.7. The van der Waals surface area contributed by atoms with E-state index in [1.54, 1.807) is 0 Å². The first-order valence-electron chi connectivity index (χ1n) is 10.7. The molecule has 0 radical (unpaired) electrons. The number of rotatable bonds is 8. The van der Waals surface area contributed by atoms with Crippen LogP contribution in [0.15, 0.2) is 48.5 Å². The molecule has 0 amide bonds. The van der Waals surface area contributed by atoms with Crippen LogP contribution in [0.4, 0.5) is 0 Å². The lowest BCUT2D eigenvalue weighted by Crippen LogP contribution is -2.10. The third-order valence-electron chi connectivity index (χ3n) is 4.83. The van der Waals surface area contributed by atoms with Crippen molar-refractivity contribution in [2.75, 3.05) is 0 Å². The third-order valence-corrected chi connectivity index (χ3v) is 4.83. The van der Waals surface area contributed by atoms with Gasteiger partial charge in [0.25, 0.3) is 0 Å². The second kappa shape index (κ2) is 12.4. The number of carbonyl (C=O) groups excluding carboxylic acids is 2. The van der Waals surface area contributed by atoms with E-state index < -0.39 is 0 Å². The molecular formula is C27H38O2. The van der Waals surface area contributed by atoms with Gasteiger partial charge in [0, 0.05) is 12.3 Å². The van der Waals surface area contributed by atoms with Gasteiger partial charge in [-0.25, -0.2) is 0 Å². The highest BCUT2D eigenvalue weighted by atomic mass is 16.1. The van der Waals surface area contributed by atoms with Gasteiger partial charge in [0.05, 0.1) is 0 Å². The van der Waals surface area contributed by atoms with Crippen molar-refractivity contribution in [3.8, 4) is 0 Å². The molecule has 0 N–H and O–H groups in total. The lowest BCUT2D eigenvalue weighted by Gasteiger charge is -2.19. The molecule has 0 bridgehead atoms. The third kappa shape index (κ3) is 10.2. The molecule has 0 heterocycles. The summed E-state index contributed by atoms with van der Waals surface area (Å²) >= 11 is 0. The molecule has 0 fully saturated rings. The molecule has 2 heteroatoms. The van der Waals surface area contributed by atoms with Gasteiger partial charge in [-0.3, -0.25) is 0 Å². The molecule has 29 heavy (non-hydrogen) atoms. The monoisotopic (exact) mass is 394 g/mol. The van der Waals surface area contributed by atoms with Crippen LogP contribution in [0.25, 0.3) is 0 Å². The number of hydrogen-bond acceptors (Lipinski definition) is 2. The van der Waals surface area contributed by atoms with Crippen LogP contribution in [-0.4, -0.2) is 12.6 Å². The smallest absolute Gasteiger partial charge is 0.123 e. The van der Waals surface area contributed by atoms with Crippen LogP contribution in [0.5, 0.6) is 0 Å². The largest absolute Gasteiger partial charge is 0.303 e. The van der Waals surface area contributed by atoms with E-state index in [1.165, 1.54) is 22.3 Å². The van der Waals surface area contributed by atoms with Gasteiger partial charge in [-0.2, -0.15) is 0 Å². The first kappa shape index (κ1) is 24.8. The maximum atomic E-state index is 10.5. The Morgan fingerprint density at radius 1 is 0.759 bits per heavy atom. The Balaban J connectivity index is 0.000000291. The Morgan fingerprint density at radius 2 is 1.24 bits per heavy atom. The zero-order valence-corrected chi connectivity index (χ0v) is 19.1. The van der Waals surface area contributed by atoms with Gasteiger partial charge in [0.1, 0.15) is 12.6 Å². The van der Waals surface area contributed by atoms with Gasteiger partial charge in [-0.05, 0) is 52.8 Å². The SMILES string of the molecule is CC(C)(C)c1ccc(CCC=O)cc1.CC(C)Cc1ccc(CC(C)C=O)cc1. The van der Waals surface area contributed by atoms with Crippen molar-refractivity contribution in [3.05, 3.63) is 70.8 Å². The van der Waals surface area contributed by atoms with Gasteiger partial charge < -0.3 is 9.59 Å². The van der Waals surface area contributed by atoms with Crippen LogP contribution in [-0.2, 0) is 34.3 Å². The Bertz CT molecular complexity index is 719. The number of hydrogen-bond donors (Lipinski definition) is 0. The fourth-order valence-electron chi connectivity index (χ4n) is 3.10. The Kier molecular flexibility index (Phi) is 10.6. The van der Waals surface area contributed by atoms with E-state index in [2.05, 4.69) is 83.1 Å². The van der Waals surface area contributed by atoms with Crippen LogP contribution >= 0.6 is 0 Å². The number of benzene rings is 2. The van der Waals surface area contributed by atoms with E-state index in [4.69, 9.17) is 0 Å². The summed E-state index contributed by atoms with van der Waals surface area (Å²) in [6.07, 6.45) is 5.44. The molecule has 0 aliphatic carbocycles. The topological polar surface area (TPSA) is 34.1 Å². The fourth-order valence-corrected chi connectivity index (χ4v) is 3.10. The molecule has 158 valence electrons. The van der Waals surface area contributed by atoms with Crippen LogP contribution in [0.3, 0.4) is 0 Å². The molecule has 2 rings (SSSR count). The van der Waals surface area contributed by atoms with E-state index in [1.807, 2.05) is 6.92 Å². The van der Waals surface area contributed by atoms with Crippen molar-refractivity contribution in [2.24, 2.45) is 11.8 Å². The lowest BCUT2D eigenvalue weighted by molar-refractivity contribution is -0.110. The highest BCUT2D eigenvalue weighted by Crippen LogP contribution is 2.22. The second-order valence-corrected chi connectivity index (χ2v) is 9.38. The summed E-state index contributed by atoms with van der Waals surface area (Å²) in [5, 5.41) is 0. The average molecular weight is 395 g/mol. The first-order valence-corrected chi connectivity index (χ1v) is 10.7. The van der Waals surface area contributed by atoms with Gasteiger partial charge in [-0.15, -0.1) is 0 Å². The van der Waals surface area contributed by atoms with E-state index in [9.17, 15) is 9.59 Å². The minimum absolute atomic E-state index is 0.126. The van der Waals surface area contributed by atoms with Crippen molar-refractivity contribution in [3.63, 3.8) is 0 Å². The number of aldehydes is 2. The predicted octanol–water partition coefficient (Wildman–Crippen LogP) is 6.38. The highest BCUT2D eigenvalue weighted by Gasteiger charge is 2.12. The van der Waals surface area contributed by atoms with E-state index >= 15 is 0 Å².